The number of aliphatic hydroxyl groups is 1. The number of hydrogen-bond donors (Lipinski definition) is 3. The van der Waals surface area contributed by atoms with Gasteiger partial charge >= 0.3 is 0 Å². The fraction of sp³-hybridized carbons (Fsp3) is 0.455. The van der Waals surface area contributed by atoms with E-state index in [1.165, 1.54) is 6.33 Å². The number of hydrogen-bond acceptors (Lipinski definition) is 6. The number of fused-ring (bicyclic) bond motifs is 1. The number of carbonyl (C=O) groups is 1. The molecule has 0 spiro atoms. The van der Waals surface area contributed by atoms with E-state index in [0.717, 1.165) is 6.42 Å². The van der Waals surface area contributed by atoms with E-state index >= 15 is 0 Å². The first kappa shape index (κ1) is 12.8. The highest BCUT2D eigenvalue weighted by atomic mass is 16.5. The number of carbonyl (C=O) groups excluding carboxylic acids is 1. The maximum atomic E-state index is 11.8. The van der Waals surface area contributed by atoms with Gasteiger partial charge in [-0.25, -0.2) is 4.98 Å². The number of rotatable bonds is 4. The Balaban J connectivity index is 2.03. The van der Waals surface area contributed by atoms with Gasteiger partial charge in [-0.2, -0.15) is 4.98 Å². The Morgan fingerprint density at radius 1 is 1.60 bits per heavy atom. The third-order valence-corrected chi connectivity index (χ3v) is 3.23. The second-order valence-electron chi connectivity index (χ2n) is 4.47. The van der Waals surface area contributed by atoms with Crippen molar-refractivity contribution in [1.29, 1.82) is 0 Å². The molecule has 9 heteroatoms. The summed E-state index contributed by atoms with van der Waals surface area (Å²) in [6.45, 7) is -0.0465. The predicted octanol–water partition coefficient (Wildman–Crippen LogP) is -0.642. The smallest absolute Gasteiger partial charge is 0.280 e. The standard InChI is InChI=1S/C11H13N5O4/c17-3-6-1-2-7(20-6)16-4-12-8-9(16)14-11(13-5-18)15-10(8)19/h4-7,17H,1-3H2,(H2,13,14,15,18,19). The molecule has 3 N–H and O–H groups in total. The van der Waals surface area contributed by atoms with Gasteiger partial charge in [0.05, 0.1) is 19.0 Å². The molecule has 9 nitrogen and oxygen atoms in total. The summed E-state index contributed by atoms with van der Waals surface area (Å²) in [7, 11) is 0. The van der Waals surface area contributed by atoms with Crippen molar-refractivity contribution in [3.63, 3.8) is 0 Å². The van der Waals surface area contributed by atoms with Gasteiger partial charge in [-0.05, 0) is 12.8 Å². The number of ether oxygens (including phenoxy) is 1. The number of imidazole rings is 1. The van der Waals surface area contributed by atoms with Crippen LogP contribution in [0.3, 0.4) is 0 Å². The zero-order valence-electron chi connectivity index (χ0n) is 10.4. The summed E-state index contributed by atoms with van der Waals surface area (Å²) >= 11 is 0. The topological polar surface area (TPSA) is 122 Å². The van der Waals surface area contributed by atoms with Crippen LogP contribution < -0.4 is 10.9 Å². The van der Waals surface area contributed by atoms with Crippen LogP contribution in [0.15, 0.2) is 11.1 Å². The first-order valence-corrected chi connectivity index (χ1v) is 6.16. The zero-order chi connectivity index (χ0) is 14.1. The molecule has 2 aromatic rings. The van der Waals surface area contributed by atoms with Crippen LogP contribution in [0.25, 0.3) is 11.2 Å². The number of aromatic nitrogens is 4. The van der Waals surface area contributed by atoms with E-state index in [1.54, 1.807) is 4.57 Å². The van der Waals surface area contributed by atoms with E-state index in [0.29, 0.717) is 18.5 Å². The lowest BCUT2D eigenvalue weighted by Gasteiger charge is -2.13. The van der Waals surface area contributed by atoms with Crippen molar-refractivity contribution in [3.05, 3.63) is 16.7 Å². The van der Waals surface area contributed by atoms with Crippen molar-refractivity contribution in [2.45, 2.75) is 25.2 Å². The van der Waals surface area contributed by atoms with Crippen LogP contribution in [0.5, 0.6) is 0 Å². The van der Waals surface area contributed by atoms with Gasteiger partial charge < -0.3 is 9.84 Å². The maximum absolute atomic E-state index is 11.8. The van der Waals surface area contributed by atoms with Crippen molar-refractivity contribution < 1.29 is 14.6 Å². The third kappa shape index (κ3) is 2.06. The van der Waals surface area contributed by atoms with E-state index in [2.05, 4.69) is 20.3 Å². The Labute approximate surface area is 112 Å². The molecule has 3 heterocycles. The molecular weight excluding hydrogens is 266 g/mol. The summed E-state index contributed by atoms with van der Waals surface area (Å²) in [6, 6.07) is 0. The molecule has 3 rings (SSSR count). The summed E-state index contributed by atoms with van der Waals surface area (Å²) in [5.41, 5.74) is 0.0778. The molecule has 0 saturated carbocycles. The van der Waals surface area contributed by atoms with Crippen molar-refractivity contribution in [2.75, 3.05) is 11.9 Å². The minimum Gasteiger partial charge on any atom is -0.394 e. The number of aliphatic hydroxyl groups excluding tert-OH is 1. The number of H-pyrrole nitrogens is 1. The van der Waals surface area contributed by atoms with Gasteiger partial charge in [-0.3, -0.25) is 24.5 Å². The highest BCUT2D eigenvalue weighted by Crippen LogP contribution is 2.29. The number of aromatic amines is 1. The molecule has 2 aromatic heterocycles. The molecule has 1 aliphatic heterocycles. The molecule has 1 saturated heterocycles. The maximum Gasteiger partial charge on any atom is 0.280 e. The van der Waals surface area contributed by atoms with E-state index in [9.17, 15) is 9.59 Å². The molecule has 1 fully saturated rings. The number of anilines is 1. The number of nitrogens with one attached hydrogen (secondary N) is 2. The fourth-order valence-corrected chi connectivity index (χ4v) is 2.29. The molecular formula is C11H13N5O4. The summed E-state index contributed by atoms with van der Waals surface area (Å²) in [4.78, 5) is 32.8. The SMILES string of the molecule is O=CNc1nc2c(ncn2C2CCC(CO)O2)c(=O)[nH]1. The van der Waals surface area contributed by atoms with Gasteiger partial charge in [0, 0.05) is 0 Å². The largest absolute Gasteiger partial charge is 0.394 e. The molecule has 0 aliphatic carbocycles. The van der Waals surface area contributed by atoms with Gasteiger partial charge in [0.1, 0.15) is 6.23 Å². The molecule has 106 valence electrons. The molecule has 2 atom stereocenters. The van der Waals surface area contributed by atoms with E-state index in [4.69, 9.17) is 9.84 Å². The lowest BCUT2D eigenvalue weighted by molar-refractivity contribution is -0.105. The highest BCUT2D eigenvalue weighted by Gasteiger charge is 2.27. The molecule has 0 bridgehead atoms. The second kappa shape index (κ2) is 5.02. The lowest BCUT2D eigenvalue weighted by atomic mass is 10.2. The Morgan fingerprint density at radius 3 is 3.15 bits per heavy atom. The molecule has 2 unspecified atom stereocenters. The van der Waals surface area contributed by atoms with Crippen molar-refractivity contribution in [3.8, 4) is 0 Å². The van der Waals surface area contributed by atoms with Crippen LogP contribution in [0.2, 0.25) is 0 Å². The van der Waals surface area contributed by atoms with Crippen LogP contribution in [-0.2, 0) is 9.53 Å². The molecule has 1 aliphatic rings. The second-order valence-corrected chi connectivity index (χ2v) is 4.47. The third-order valence-electron chi connectivity index (χ3n) is 3.23. The highest BCUT2D eigenvalue weighted by molar-refractivity contribution is 5.74. The quantitative estimate of drug-likeness (QED) is 0.640. The summed E-state index contributed by atoms with van der Waals surface area (Å²) in [6.07, 6.45) is 2.79. The predicted molar refractivity (Wildman–Crippen MR) is 68.1 cm³/mol. The van der Waals surface area contributed by atoms with Gasteiger partial charge in [0.25, 0.3) is 5.56 Å². The lowest BCUT2D eigenvalue weighted by Crippen LogP contribution is -2.16. The van der Waals surface area contributed by atoms with Gasteiger partial charge in [0.2, 0.25) is 12.4 Å². The average Bonchev–Trinajstić information content (AvgIpc) is 3.04. The van der Waals surface area contributed by atoms with Gasteiger partial charge in [0.15, 0.2) is 11.2 Å². The molecule has 0 aromatic carbocycles. The Bertz CT molecular complexity index is 694. The summed E-state index contributed by atoms with van der Waals surface area (Å²) in [5.74, 6) is 0.0518. The van der Waals surface area contributed by atoms with Gasteiger partial charge in [-0.1, -0.05) is 0 Å². The van der Waals surface area contributed by atoms with Crippen molar-refractivity contribution in [2.24, 2.45) is 0 Å². The van der Waals surface area contributed by atoms with E-state index in [1.807, 2.05) is 0 Å². The fourth-order valence-electron chi connectivity index (χ4n) is 2.29. The van der Waals surface area contributed by atoms with Crippen LogP contribution in [0, 0.1) is 0 Å². The Hall–Kier alpha value is -2.26. The zero-order valence-corrected chi connectivity index (χ0v) is 10.4. The number of nitrogens with zero attached hydrogens (tertiary/aromatic N) is 3. The van der Waals surface area contributed by atoms with Crippen LogP contribution >= 0.6 is 0 Å². The Morgan fingerprint density at radius 2 is 2.45 bits per heavy atom. The van der Waals surface area contributed by atoms with Crippen molar-refractivity contribution in [1.82, 2.24) is 19.5 Å². The van der Waals surface area contributed by atoms with Gasteiger partial charge in [-0.15, -0.1) is 0 Å². The van der Waals surface area contributed by atoms with Crippen LogP contribution in [0.4, 0.5) is 5.95 Å². The minimum atomic E-state index is -0.435. The minimum absolute atomic E-state index is 0.0465. The van der Waals surface area contributed by atoms with E-state index < -0.39 is 5.56 Å². The average molecular weight is 279 g/mol. The summed E-state index contributed by atoms with van der Waals surface area (Å²) in [5, 5.41) is 11.4. The van der Waals surface area contributed by atoms with Crippen molar-refractivity contribution >= 4 is 23.5 Å². The van der Waals surface area contributed by atoms with Crippen LogP contribution in [-0.4, -0.2) is 43.7 Å². The van der Waals surface area contributed by atoms with E-state index in [-0.39, 0.29) is 30.4 Å². The first-order chi connectivity index (χ1) is 9.72. The monoisotopic (exact) mass is 279 g/mol. The van der Waals surface area contributed by atoms with Crippen LogP contribution in [0.1, 0.15) is 19.1 Å². The first-order valence-electron chi connectivity index (χ1n) is 6.16. The number of amides is 1. The molecule has 0 radical (unpaired) electrons. The molecule has 20 heavy (non-hydrogen) atoms. The normalized spacial score (nSPS) is 22.2. The molecule has 1 amide bonds. The summed E-state index contributed by atoms with van der Waals surface area (Å²) < 4.78 is 7.27. The Kier molecular flexibility index (Phi) is 3.20.